The highest BCUT2D eigenvalue weighted by Gasteiger charge is 2.29. The molecule has 0 aromatic heterocycles. The minimum absolute atomic E-state index is 0.0928. The minimum Gasteiger partial charge on any atom is -0.356 e. The molecule has 1 amide bonds. The van der Waals surface area contributed by atoms with E-state index in [1.807, 2.05) is 38.1 Å². The van der Waals surface area contributed by atoms with Gasteiger partial charge in [0.2, 0.25) is 15.9 Å². The van der Waals surface area contributed by atoms with Crippen LogP contribution in [-0.2, 0) is 21.2 Å². The molecule has 1 aromatic carbocycles. The number of amides is 1. The molecule has 21 heavy (non-hydrogen) atoms. The molecule has 0 spiro atoms. The fourth-order valence-corrected chi connectivity index (χ4v) is 3.39. The number of nitrogens with zero attached hydrogens (tertiary/aromatic N) is 1. The van der Waals surface area contributed by atoms with Crippen LogP contribution in [0.3, 0.4) is 0 Å². The second-order valence-corrected chi connectivity index (χ2v) is 6.84. The molecule has 1 atom stereocenters. The average molecular weight is 312 g/mol. The predicted molar refractivity (Wildman–Crippen MR) is 85.9 cm³/mol. The zero-order valence-electron chi connectivity index (χ0n) is 13.1. The lowest BCUT2D eigenvalue weighted by Crippen LogP contribution is -2.43. The molecule has 0 saturated carbocycles. The zero-order chi connectivity index (χ0) is 16.0. The van der Waals surface area contributed by atoms with Gasteiger partial charge in [0.05, 0.1) is 11.9 Å². The lowest BCUT2D eigenvalue weighted by molar-refractivity contribution is -0.119. The van der Waals surface area contributed by atoms with Crippen LogP contribution in [0.2, 0.25) is 0 Å². The summed E-state index contributed by atoms with van der Waals surface area (Å²) in [6.07, 6.45) is 1.99. The summed E-state index contributed by atoms with van der Waals surface area (Å²) in [5.41, 5.74) is 1.76. The second kappa shape index (κ2) is 7.45. The molecule has 0 bridgehead atoms. The Morgan fingerprint density at radius 1 is 1.33 bits per heavy atom. The third-order valence-corrected chi connectivity index (χ3v) is 4.38. The van der Waals surface area contributed by atoms with Crippen LogP contribution in [-0.4, -0.2) is 33.7 Å². The maximum atomic E-state index is 11.9. The average Bonchev–Trinajstić information content (AvgIpc) is 2.45. The summed E-state index contributed by atoms with van der Waals surface area (Å²) in [6, 6.07) is 7.50. The van der Waals surface area contributed by atoms with Gasteiger partial charge in [-0.05, 0) is 24.0 Å². The van der Waals surface area contributed by atoms with Crippen molar-refractivity contribution in [3.05, 3.63) is 29.8 Å². The maximum Gasteiger partial charge on any atom is 0.232 e. The van der Waals surface area contributed by atoms with Crippen LogP contribution in [0, 0.1) is 5.92 Å². The third-order valence-electron chi connectivity index (χ3n) is 3.23. The van der Waals surface area contributed by atoms with Crippen LogP contribution in [0.4, 0.5) is 5.69 Å². The SMILES string of the molecule is CC.CC(=O)NC[C@@H]1Cc2ccccc2N(S(C)(=O)=O)C1. The number of benzene rings is 1. The number of nitrogens with one attached hydrogen (secondary N) is 1. The smallest absolute Gasteiger partial charge is 0.232 e. The molecule has 2 rings (SSSR count). The van der Waals surface area contributed by atoms with E-state index in [0.717, 1.165) is 17.7 Å². The van der Waals surface area contributed by atoms with Crippen molar-refractivity contribution in [3.8, 4) is 0 Å². The Morgan fingerprint density at radius 3 is 2.52 bits per heavy atom. The summed E-state index contributed by atoms with van der Waals surface area (Å²) in [5.74, 6) is 0.0123. The van der Waals surface area contributed by atoms with Crippen molar-refractivity contribution in [3.63, 3.8) is 0 Å². The molecule has 0 radical (unpaired) electrons. The molecule has 1 aliphatic heterocycles. The standard InChI is InChI=1S/C13H18N2O3S.C2H6/c1-10(16)14-8-11-7-12-5-3-4-6-13(12)15(9-11)19(2,17)18;1-2/h3-6,11H,7-9H2,1-2H3,(H,14,16);1-2H3/t11-;/m0./s1. The first-order valence-corrected chi connectivity index (χ1v) is 9.03. The molecule has 1 aromatic rings. The summed E-state index contributed by atoms with van der Waals surface area (Å²) in [4.78, 5) is 11.0. The highest BCUT2D eigenvalue weighted by Crippen LogP contribution is 2.30. The van der Waals surface area contributed by atoms with Gasteiger partial charge in [-0.2, -0.15) is 0 Å². The van der Waals surface area contributed by atoms with E-state index in [-0.39, 0.29) is 11.8 Å². The molecule has 0 saturated heterocycles. The van der Waals surface area contributed by atoms with Crippen molar-refractivity contribution in [1.82, 2.24) is 5.32 Å². The van der Waals surface area contributed by atoms with E-state index < -0.39 is 10.0 Å². The van der Waals surface area contributed by atoms with Crippen molar-refractivity contribution < 1.29 is 13.2 Å². The van der Waals surface area contributed by atoms with Crippen LogP contribution in [0.1, 0.15) is 26.3 Å². The summed E-state index contributed by atoms with van der Waals surface area (Å²) < 4.78 is 25.2. The van der Waals surface area contributed by atoms with Gasteiger partial charge in [-0.3, -0.25) is 9.10 Å². The Labute approximate surface area is 127 Å². The Balaban J connectivity index is 0.00000106. The predicted octanol–water partition coefficient (Wildman–Crippen LogP) is 1.79. The molecular formula is C15H24N2O3S. The fraction of sp³-hybridized carbons (Fsp3) is 0.533. The Hall–Kier alpha value is -1.56. The number of carbonyl (C=O) groups is 1. The summed E-state index contributed by atoms with van der Waals surface area (Å²) in [6.45, 7) is 6.37. The molecule has 0 aliphatic carbocycles. The molecule has 5 nitrogen and oxygen atoms in total. The van der Waals surface area contributed by atoms with Crippen molar-refractivity contribution in [2.75, 3.05) is 23.7 Å². The van der Waals surface area contributed by atoms with Gasteiger partial charge in [0.25, 0.3) is 0 Å². The first kappa shape index (κ1) is 17.5. The fourth-order valence-electron chi connectivity index (χ4n) is 2.37. The van der Waals surface area contributed by atoms with Crippen molar-refractivity contribution in [2.24, 2.45) is 5.92 Å². The number of hydrogen-bond donors (Lipinski definition) is 1. The second-order valence-electron chi connectivity index (χ2n) is 4.93. The van der Waals surface area contributed by atoms with E-state index in [0.29, 0.717) is 13.1 Å². The Kier molecular flexibility index (Phi) is 6.20. The van der Waals surface area contributed by atoms with E-state index in [2.05, 4.69) is 5.32 Å². The molecule has 6 heteroatoms. The zero-order valence-corrected chi connectivity index (χ0v) is 13.9. The number of carbonyl (C=O) groups excluding carboxylic acids is 1. The van der Waals surface area contributed by atoms with Gasteiger partial charge < -0.3 is 5.32 Å². The number of hydrogen-bond acceptors (Lipinski definition) is 3. The highest BCUT2D eigenvalue weighted by atomic mass is 32.2. The maximum absolute atomic E-state index is 11.9. The lowest BCUT2D eigenvalue weighted by atomic mass is 9.94. The van der Waals surface area contributed by atoms with Gasteiger partial charge in [0.15, 0.2) is 0 Å². The van der Waals surface area contributed by atoms with Crippen molar-refractivity contribution in [2.45, 2.75) is 27.2 Å². The number of anilines is 1. The van der Waals surface area contributed by atoms with Crippen LogP contribution >= 0.6 is 0 Å². The quantitative estimate of drug-likeness (QED) is 0.925. The number of sulfonamides is 1. The van der Waals surface area contributed by atoms with Gasteiger partial charge >= 0.3 is 0 Å². The summed E-state index contributed by atoms with van der Waals surface area (Å²) >= 11 is 0. The molecule has 118 valence electrons. The minimum atomic E-state index is -3.29. The van der Waals surface area contributed by atoms with Gasteiger partial charge in [0.1, 0.15) is 0 Å². The van der Waals surface area contributed by atoms with Crippen molar-refractivity contribution >= 4 is 21.6 Å². The number of fused-ring (bicyclic) bond motifs is 1. The van der Waals surface area contributed by atoms with Crippen LogP contribution in [0.25, 0.3) is 0 Å². The Bertz CT molecular complexity index is 584. The first-order valence-electron chi connectivity index (χ1n) is 7.18. The van der Waals surface area contributed by atoms with Gasteiger partial charge in [-0.25, -0.2) is 8.42 Å². The van der Waals surface area contributed by atoms with E-state index in [1.54, 1.807) is 0 Å². The summed E-state index contributed by atoms with van der Waals surface area (Å²) in [7, 11) is -3.29. The highest BCUT2D eigenvalue weighted by molar-refractivity contribution is 7.92. The molecule has 1 heterocycles. The van der Waals surface area contributed by atoms with Gasteiger partial charge in [-0.1, -0.05) is 32.0 Å². The molecule has 1 N–H and O–H groups in total. The Morgan fingerprint density at radius 2 is 1.95 bits per heavy atom. The topological polar surface area (TPSA) is 66.5 Å². The van der Waals surface area contributed by atoms with Crippen molar-refractivity contribution in [1.29, 1.82) is 0 Å². The molecule has 0 fully saturated rings. The van der Waals surface area contributed by atoms with E-state index in [1.165, 1.54) is 17.5 Å². The summed E-state index contributed by atoms with van der Waals surface area (Å²) in [5, 5.41) is 2.76. The normalized spacial score (nSPS) is 17.3. The lowest BCUT2D eigenvalue weighted by Gasteiger charge is -2.34. The van der Waals surface area contributed by atoms with E-state index >= 15 is 0 Å². The van der Waals surface area contributed by atoms with Crippen LogP contribution < -0.4 is 9.62 Å². The number of para-hydroxylation sites is 1. The number of rotatable bonds is 3. The first-order chi connectivity index (χ1) is 9.88. The van der Waals surface area contributed by atoms with E-state index in [9.17, 15) is 13.2 Å². The monoisotopic (exact) mass is 312 g/mol. The largest absolute Gasteiger partial charge is 0.356 e. The van der Waals surface area contributed by atoms with Gasteiger partial charge in [0, 0.05) is 20.0 Å². The van der Waals surface area contributed by atoms with Crippen LogP contribution in [0.15, 0.2) is 24.3 Å². The molecule has 0 unspecified atom stereocenters. The van der Waals surface area contributed by atoms with Crippen LogP contribution in [0.5, 0.6) is 0 Å². The third kappa shape index (κ3) is 4.74. The molecule has 1 aliphatic rings. The van der Waals surface area contributed by atoms with Gasteiger partial charge in [-0.15, -0.1) is 0 Å². The van der Waals surface area contributed by atoms with E-state index in [4.69, 9.17) is 0 Å². The molecular weight excluding hydrogens is 288 g/mol.